The summed E-state index contributed by atoms with van der Waals surface area (Å²) in [7, 11) is 0. The summed E-state index contributed by atoms with van der Waals surface area (Å²) < 4.78 is 15.0. The van der Waals surface area contributed by atoms with Crippen molar-refractivity contribution in [2.75, 3.05) is 13.1 Å². The largest absolute Gasteiger partial charge is 0.298 e. The van der Waals surface area contributed by atoms with E-state index in [4.69, 9.17) is 2.74 Å². The van der Waals surface area contributed by atoms with Gasteiger partial charge in [0.1, 0.15) is 0 Å². The Bertz CT molecular complexity index is 149. The molecule has 0 unspecified atom stereocenters. The van der Waals surface area contributed by atoms with Gasteiger partial charge >= 0.3 is 0 Å². The number of rotatable bonds is 0. The molecule has 0 aromatic rings. The summed E-state index contributed by atoms with van der Waals surface area (Å²) >= 11 is 0. The molecule has 0 bridgehead atoms. The summed E-state index contributed by atoms with van der Waals surface area (Å²) in [6.07, 6.45) is -0.266. The van der Waals surface area contributed by atoms with Crippen molar-refractivity contribution in [3.05, 3.63) is 0 Å². The Morgan fingerprint density at radius 2 is 2.00 bits per heavy atom. The van der Waals surface area contributed by atoms with Gasteiger partial charge in [-0.05, 0) is 46.7 Å². The minimum atomic E-state index is -0.951. The zero-order chi connectivity index (χ0) is 8.70. The van der Waals surface area contributed by atoms with Crippen molar-refractivity contribution < 1.29 is 2.74 Å². The normalized spacial score (nSPS) is 31.9. The van der Waals surface area contributed by atoms with Gasteiger partial charge in [-0.2, -0.15) is 0 Å². The molecule has 9 heavy (non-hydrogen) atoms. The van der Waals surface area contributed by atoms with Crippen LogP contribution in [0.2, 0.25) is 0 Å². The highest BCUT2D eigenvalue weighted by atomic mass is 15.2. The summed E-state index contributed by atoms with van der Waals surface area (Å²) in [4.78, 5) is 2.20. The van der Waals surface area contributed by atoms with Gasteiger partial charge < -0.3 is 0 Å². The van der Waals surface area contributed by atoms with Crippen LogP contribution in [0.5, 0.6) is 0 Å². The van der Waals surface area contributed by atoms with Crippen LogP contribution >= 0.6 is 0 Å². The van der Waals surface area contributed by atoms with E-state index in [1.807, 2.05) is 0 Å². The Morgan fingerprint density at radius 3 is 2.22 bits per heavy atom. The minimum absolute atomic E-state index is 0.129. The zero-order valence-electron chi connectivity index (χ0n) is 8.57. The standard InChI is InChI=1S/C8H17N/c1-8(2,3)9-6-4-5-7-9/h4-7H2,1-3H3/i4D2. The molecule has 0 radical (unpaired) electrons. The Labute approximate surface area is 60.9 Å². The van der Waals surface area contributed by atoms with Crippen LogP contribution < -0.4 is 0 Å². The molecule has 1 saturated heterocycles. The summed E-state index contributed by atoms with van der Waals surface area (Å²) in [6, 6.07) is 0. The van der Waals surface area contributed by atoms with Crippen LogP contribution in [0.3, 0.4) is 0 Å². The van der Waals surface area contributed by atoms with E-state index in [1.165, 1.54) is 0 Å². The van der Waals surface area contributed by atoms with E-state index < -0.39 is 6.37 Å². The fraction of sp³-hybridized carbons (Fsp3) is 1.00. The highest BCUT2D eigenvalue weighted by Gasteiger charge is 2.23. The minimum Gasteiger partial charge on any atom is -0.298 e. The SMILES string of the molecule is [2H]C1([2H])CCN(C(C)(C)C)C1. The van der Waals surface area contributed by atoms with Gasteiger partial charge in [-0.15, -0.1) is 0 Å². The highest BCUT2D eigenvalue weighted by Crippen LogP contribution is 2.19. The molecule has 54 valence electrons. The van der Waals surface area contributed by atoms with Gasteiger partial charge in [-0.1, -0.05) is 0 Å². The highest BCUT2D eigenvalue weighted by molar-refractivity contribution is 4.79. The van der Waals surface area contributed by atoms with Gasteiger partial charge in [0.25, 0.3) is 0 Å². The molecule has 0 amide bonds. The molecular weight excluding hydrogens is 110 g/mol. The molecule has 0 spiro atoms. The van der Waals surface area contributed by atoms with Crippen molar-refractivity contribution >= 4 is 0 Å². The molecule has 1 aliphatic rings. The summed E-state index contributed by atoms with van der Waals surface area (Å²) in [6.45, 7) is 7.89. The Hall–Kier alpha value is -0.0400. The fourth-order valence-electron chi connectivity index (χ4n) is 1.08. The van der Waals surface area contributed by atoms with Crippen molar-refractivity contribution in [3.63, 3.8) is 0 Å². The monoisotopic (exact) mass is 129 g/mol. The first-order chi connectivity index (χ1) is 4.81. The lowest BCUT2D eigenvalue weighted by Gasteiger charge is -2.31. The van der Waals surface area contributed by atoms with Crippen molar-refractivity contribution in [2.45, 2.75) is 39.1 Å². The number of hydrogen-bond donors (Lipinski definition) is 0. The van der Waals surface area contributed by atoms with Crippen molar-refractivity contribution in [2.24, 2.45) is 0 Å². The molecule has 0 aromatic carbocycles. The van der Waals surface area contributed by atoms with Crippen molar-refractivity contribution in [1.29, 1.82) is 0 Å². The first-order valence-corrected chi connectivity index (χ1v) is 3.56. The molecule has 1 heteroatoms. The van der Waals surface area contributed by atoms with Gasteiger partial charge in [-0.3, -0.25) is 4.90 Å². The second-order valence-corrected chi connectivity index (χ2v) is 3.59. The fourth-order valence-corrected chi connectivity index (χ4v) is 1.08. The Kier molecular flexibility index (Phi) is 1.21. The molecule has 0 aromatic heterocycles. The maximum Gasteiger partial charge on any atom is 0.0280 e. The van der Waals surface area contributed by atoms with Crippen LogP contribution in [-0.4, -0.2) is 23.5 Å². The zero-order valence-corrected chi connectivity index (χ0v) is 6.57. The van der Waals surface area contributed by atoms with Crippen LogP contribution in [0.4, 0.5) is 0 Å². The van der Waals surface area contributed by atoms with E-state index in [2.05, 4.69) is 25.7 Å². The van der Waals surface area contributed by atoms with Crippen molar-refractivity contribution in [1.82, 2.24) is 4.90 Å². The number of likely N-dealkylation sites (tertiary alicyclic amines) is 1. The average Bonchev–Trinajstić information content (AvgIpc) is 2.07. The third kappa shape index (κ3) is 1.68. The molecule has 1 rings (SSSR count). The lowest BCUT2D eigenvalue weighted by atomic mass is 10.1. The smallest absolute Gasteiger partial charge is 0.0280 e. The van der Waals surface area contributed by atoms with Crippen LogP contribution in [-0.2, 0) is 0 Å². The molecule has 1 nitrogen and oxygen atoms in total. The lowest BCUT2D eigenvalue weighted by Crippen LogP contribution is -2.38. The second kappa shape index (κ2) is 2.30. The van der Waals surface area contributed by atoms with Crippen LogP contribution in [0.15, 0.2) is 0 Å². The van der Waals surface area contributed by atoms with Crippen molar-refractivity contribution in [3.8, 4) is 0 Å². The second-order valence-electron chi connectivity index (χ2n) is 3.59. The average molecular weight is 129 g/mol. The third-order valence-electron chi connectivity index (χ3n) is 1.81. The number of hydrogen-bond acceptors (Lipinski definition) is 1. The maximum absolute atomic E-state index is 7.52. The van der Waals surface area contributed by atoms with Gasteiger partial charge in [0.15, 0.2) is 0 Å². The topological polar surface area (TPSA) is 3.24 Å². The van der Waals surface area contributed by atoms with E-state index in [0.29, 0.717) is 13.0 Å². The molecule has 1 heterocycles. The first-order valence-electron chi connectivity index (χ1n) is 4.56. The van der Waals surface area contributed by atoms with E-state index in [9.17, 15) is 0 Å². The van der Waals surface area contributed by atoms with Crippen LogP contribution in [0.1, 0.15) is 36.3 Å². The first kappa shape index (κ1) is 4.73. The summed E-state index contributed by atoms with van der Waals surface area (Å²) in [5.41, 5.74) is 0.129. The Morgan fingerprint density at radius 1 is 1.33 bits per heavy atom. The van der Waals surface area contributed by atoms with Crippen LogP contribution in [0.25, 0.3) is 0 Å². The third-order valence-corrected chi connectivity index (χ3v) is 1.81. The molecule has 1 fully saturated rings. The van der Waals surface area contributed by atoms with Gasteiger partial charge in [-0.25, -0.2) is 0 Å². The van der Waals surface area contributed by atoms with E-state index in [1.54, 1.807) is 0 Å². The molecule has 0 N–H and O–H groups in total. The maximum atomic E-state index is 7.52. The predicted molar refractivity (Wildman–Crippen MR) is 40.6 cm³/mol. The lowest BCUT2D eigenvalue weighted by molar-refractivity contribution is 0.175. The number of nitrogens with zero attached hydrogens (tertiary/aromatic N) is 1. The van der Waals surface area contributed by atoms with Gasteiger partial charge in [0.2, 0.25) is 0 Å². The predicted octanol–water partition coefficient (Wildman–Crippen LogP) is 1.88. The van der Waals surface area contributed by atoms with E-state index >= 15 is 0 Å². The van der Waals surface area contributed by atoms with Gasteiger partial charge in [0.05, 0.1) is 0 Å². The molecular formula is C8H17N. The van der Waals surface area contributed by atoms with Gasteiger partial charge in [0, 0.05) is 8.28 Å². The summed E-state index contributed by atoms with van der Waals surface area (Å²) in [5, 5.41) is 0. The van der Waals surface area contributed by atoms with Crippen LogP contribution in [0, 0.1) is 0 Å². The Balaban J connectivity index is 2.55. The van der Waals surface area contributed by atoms with E-state index in [-0.39, 0.29) is 5.54 Å². The molecule has 0 aliphatic carbocycles. The van der Waals surface area contributed by atoms with E-state index in [0.717, 1.165) is 6.54 Å². The molecule has 0 atom stereocenters. The quantitative estimate of drug-likeness (QED) is 0.482. The molecule has 1 aliphatic heterocycles. The summed E-state index contributed by atoms with van der Waals surface area (Å²) in [5.74, 6) is 0. The molecule has 0 saturated carbocycles.